The van der Waals surface area contributed by atoms with Gasteiger partial charge in [0.05, 0.1) is 17.1 Å². The second-order valence-electron chi connectivity index (χ2n) is 8.74. The summed E-state index contributed by atoms with van der Waals surface area (Å²) in [7, 11) is 0. The van der Waals surface area contributed by atoms with Gasteiger partial charge in [0, 0.05) is 21.5 Å². The summed E-state index contributed by atoms with van der Waals surface area (Å²) in [6, 6.07) is 21.7. The summed E-state index contributed by atoms with van der Waals surface area (Å²) >= 11 is 8.73. The summed E-state index contributed by atoms with van der Waals surface area (Å²) in [5.41, 5.74) is 4.43. The molecule has 0 aliphatic rings. The number of aromatic nitrogens is 4. The van der Waals surface area contributed by atoms with E-state index in [1.807, 2.05) is 52.4 Å². The van der Waals surface area contributed by atoms with E-state index in [0.717, 1.165) is 22.4 Å². The van der Waals surface area contributed by atoms with Crippen LogP contribution in [0.2, 0.25) is 5.02 Å². The highest BCUT2D eigenvalue weighted by molar-refractivity contribution is 7.99. The summed E-state index contributed by atoms with van der Waals surface area (Å²) in [4.78, 5) is 17.3. The van der Waals surface area contributed by atoms with Crippen LogP contribution in [0.3, 0.4) is 0 Å². The van der Waals surface area contributed by atoms with Gasteiger partial charge in [0.15, 0.2) is 16.1 Å². The number of thioether (sulfide) groups is 1. The van der Waals surface area contributed by atoms with Gasteiger partial charge in [-0.15, -0.1) is 21.5 Å². The van der Waals surface area contributed by atoms with Gasteiger partial charge in [-0.3, -0.25) is 9.36 Å². The number of benzene rings is 3. The number of rotatable bonds is 8. The van der Waals surface area contributed by atoms with Gasteiger partial charge < -0.3 is 5.32 Å². The van der Waals surface area contributed by atoms with Crippen molar-refractivity contribution in [2.45, 2.75) is 24.9 Å². The number of para-hydroxylation sites is 1. The minimum absolute atomic E-state index is 0.119. The fourth-order valence-electron chi connectivity index (χ4n) is 3.92. The molecule has 0 bridgehead atoms. The molecular weight excluding hydrogens is 541 g/mol. The summed E-state index contributed by atoms with van der Waals surface area (Å²) in [6.45, 7) is 4.28. The molecule has 5 aromatic rings. The first-order valence-corrected chi connectivity index (χ1v) is 14.1. The van der Waals surface area contributed by atoms with Crippen LogP contribution in [0.25, 0.3) is 28.3 Å². The fourth-order valence-corrected chi connectivity index (χ4v) is 5.52. The number of anilines is 1. The molecule has 3 aromatic carbocycles. The molecular formula is C28H23ClFN5OS2. The van der Waals surface area contributed by atoms with Gasteiger partial charge in [0.25, 0.3) is 0 Å². The number of carbonyl (C=O) groups excluding carboxylic acids is 1. The van der Waals surface area contributed by atoms with Crippen molar-refractivity contribution in [2.75, 3.05) is 11.1 Å². The molecule has 1 amide bonds. The van der Waals surface area contributed by atoms with Crippen LogP contribution in [-0.4, -0.2) is 31.4 Å². The molecule has 0 saturated carbocycles. The zero-order chi connectivity index (χ0) is 26.6. The van der Waals surface area contributed by atoms with Crippen LogP contribution >= 0.6 is 34.7 Å². The first kappa shape index (κ1) is 26.1. The molecule has 2 aromatic heterocycles. The Balaban J connectivity index is 1.38. The largest absolute Gasteiger partial charge is 0.301 e. The maximum atomic E-state index is 13.2. The Hall–Kier alpha value is -3.53. The number of carbonyl (C=O) groups is 1. The van der Waals surface area contributed by atoms with Crippen molar-refractivity contribution in [1.82, 2.24) is 19.7 Å². The molecule has 6 nitrogen and oxygen atoms in total. The van der Waals surface area contributed by atoms with Crippen molar-refractivity contribution < 1.29 is 9.18 Å². The standard InChI is InChI=1S/C28H23ClFN5OS2/c1-17(2)22-5-3-4-6-24(22)35-26(19-7-11-20(29)12-8-19)33-34-28(35)38-16-25(36)32-27-31-23(15-37-27)18-9-13-21(30)14-10-18/h3-15,17H,16H2,1-2H3,(H,31,32,36). The third-order valence-corrected chi connectivity index (χ3v) is 7.70. The van der Waals surface area contributed by atoms with Crippen LogP contribution in [0.5, 0.6) is 0 Å². The Morgan fingerprint density at radius 2 is 1.74 bits per heavy atom. The van der Waals surface area contributed by atoms with Crippen LogP contribution in [-0.2, 0) is 4.79 Å². The molecule has 0 aliphatic heterocycles. The van der Waals surface area contributed by atoms with Crippen molar-refractivity contribution in [1.29, 1.82) is 0 Å². The maximum absolute atomic E-state index is 13.2. The van der Waals surface area contributed by atoms with E-state index in [-0.39, 0.29) is 23.4 Å². The molecule has 0 atom stereocenters. The van der Waals surface area contributed by atoms with E-state index in [1.54, 1.807) is 12.1 Å². The van der Waals surface area contributed by atoms with Gasteiger partial charge in [-0.25, -0.2) is 9.37 Å². The highest BCUT2D eigenvalue weighted by Crippen LogP contribution is 2.33. The second-order valence-corrected chi connectivity index (χ2v) is 11.0. The van der Waals surface area contributed by atoms with E-state index in [0.29, 0.717) is 26.8 Å². The topological polar surface area (TPSA) is 72.7 Å². The first-order chi connectivity index (χ1) is 18.4. The zero-order valence-electron chi connectivity index (χ0n) is 20.6. The SMILES string of the molecule is CC(C)c1ccccc1-n1c(SCC(=O)Nc2nc(-c3ccc(F)cc3)cs2)nnc1-c1ccc(Cl)cc1. The highest BCUT2D eigenvalue weighted by Gasteiger charge is 2.20. The second kappa shape index (κ2) is 11.5. The van der Waals surface area contributed by atoms with Gasteiger partial charge in [-0.05, 0) is 66.1 Å². The molecule has 192 valence electrons. The normalized spacial score (nSPS) is 11.2. The molecule has 0 aliphatic carbocycles. The lowest BCUT2D eigenvalue weighted by Crippen LogP contribution is -2.14. The number of hydrogen-bond donors (Lipinski definition) is 1. The Kier molecular flexibility index (Phi) is 7.87. The predicted octanol–water partition coefficient (Wildman–Crippen LogP) is 7.70. The van der Waals surface area contributed by atoms with Crippen LogP contribution < -0.4 is 5.32 Å². The lowest BCUT2D eigenvalue weighted by Gasteiger charge is -2.17. The number of amides is 1. The first-order valence-electron chi connectivity index (χ1n) is 11.8. The van der Waals surface area contributed by atoms with Crippen molar-refractivity contribution >= 4 is 45.7 Å². The van der Waals surface area contributed by atoms with Gasteiger partial charge in [0.2, 0.25) is 5.91 Å². The molecule has 2 heterocycles. The Morgan fingerprint density at radius 3 is 2.47 bits per heavy atom. The third-order valence-electron chi connectivity index (χ3n) is 5.76. The average Bonchev–Trinajstić information content (AvgIpc) is 3.55. The van der Waals surface area contributed by atoms with Crippen molar-refractivity contribution in [3.8, 4) is 28.3 Å². The molecule has 0 fully saturated rings. The average molecular weight is 564 g/mol. The predicted molar refractivity (Wildman–Crippen MR) is 153 cm³/mol. The molecule has 0 unspecified atom stereocenters. The highest BCUT2D eigenvalue weighted by atomic mass is 35.5. The van der Waals surface area contributed by atoms with Gasteiger partial charge >= 0.3 is 0 Å². The van der Waals surface area contributed by atoms with Crippen molar-refractivity contribution in [2.24, 2.45) is 0 Å². The number of nitrogens with zero attached hydrogens (tertiary/aromatic N) is 4. The summed E-state index contributed by atoms with van der Waals surface area (Å²) < 4.78 is 15.2. The van der Waals surface area contributed by atoms with Crippen LogP contribution in [0, 0.1) is 5.82 Å². The van der Waals surface area contributed by atoms with Gasteiger partial charge in [-0.1, -0.05) is 55.4 Å². The minimum Gasteiger partial charge on any atom is -0.301 e. The minimum atomic E-state index is -0.308. The summed E-state index contributed by atoms with van der Waals surface area (Å²) in [5.74, 6) is 0.538. The number of nitrogens with one attached hydrogen (secondary N) is 1. The smallest absolute Gasteiger partial charge is 0.236 e. The molecule has 1 N–H and O–H groups in total. The Labute approximate surface area is 232 Å². The fraction of sp³-hybridized carbons (Fsp3) is 0.143. The molecule has 10 heteroatoms. The van der Waals surface area contributed by atoms with Crippen LogP contribution in [0.1, 0.15) is 25.3 Å². The van der Waals surface area contributed by atoms with E-state index in [1.165, 1.54) is 35.2 Å². The Morgan fingerprint density at radius 1 is 1.03 bits per heavy atom. The van der Waals surface area contributed by atoms with Gasteiger partial charge in [-0.2, -0.15) is 0 Å². The number of thiazole rings is 1. The Bertz CT molecular complexity index is 1570. The molecule has 0 saturated heterocycles. The molecule has 5 rings (SSSR count). The number of hydrogen-bond acceptors (Lipinski definition) is 6. The lowest BCUT2D eigenvalue weighted by atomic mass is 10.0. The molecule has 0 radical (unpaired) electrons. The van der Waals surface area contributed by atoms with Crippen LogP contribution in [0.15, 0.2) is 83.3 Å². The van der Waals surface area contributed by atoms with Crippen molar-refractivity contribution in [3.63, 3.8) is 0 Å². The van der Waals surface area contributed by atoms with E-state index >= 15 is 0 Å². The summed E-state index contributed by atoms with van der Waals surface area (Å²) in [5, 5.41) is 15.3. The third kappa shape index (κ3) is 5.80. The zero-order valence-corrected chi connectivity index (χ0v) is 22.9. The van der Waals surface area contributed by atoms with E-state index < -0.39 is 0 Å². The van der Waals surface area contributed by atoms with Crippen molar-refractivity contribution in [3.05, 3.63) is 94.6 Å². The maximum Gasteiger partial charge on any atom is 0.236 e. The quantitative estimate of drug-likeness (QED) is 0.196. The van der Waals surface area contributed by atoms with E-state index in [4.69, 9.17) is 11.6 Å². The van der Waals surface area contributed by atoms with Gasteiger partial charge in [0.1, 0.15) is 5.82 Å². The van der Waals surface area contributed by atoms with Crippen LogP contribution in [0.4, 0.5) is 9.52 Å². The number of halogens is 2. The summed E-state index contributed by atoms with van der Waals surface area (Å²) in [6.07, 6.45) is 0. The lowest BCUT2D eigenvalue weighted by molar-refractivity contribution is -0.113. The monoisotopic (exact) mass is 563 g/mol. The van der Waals surface area contributed by atoms with E-state index in [9.17, 15) is 9.18 Å². The molecule has 0 spiro atoms. The van der Waals surface area contributed by atoms with E-state index in [2.05, 4.69) is 40.4 Å². The molecule has 38 heavy (non-hydrogen) atoms.